The second kappa shape index (κ2) is 9.02. The summed E-state index contributed by atoms with van der Waals surface area (Å²) in [6.07, 6.45) is 3.01. The Bertz CT molecular complexity index is 857. The van der Waals surface area contributed by atoms with Crippen LogP contribution in [0.3, 0.4) is 0 Å². The molecule has 0 heterocycles. The van der Waals surface area contributed by atoms with Gasteiger partial charge >= 0.3 is 6.09 Å². The van der Waals surface area contributed by atoms with Gasteiger partial charge in [0.1, 0.15) is 11.6 Å². The lowest BCUT2D eigenvalue weighted by Crippen LogP contribution is -2.45. The Morgan fingerprint density at radius 3 is 2.41 bits per heavy atom. The lowest BCUT2D eigenvalue weighted by molar-refractivity contribution is -0.118. The predicted octanol–water partition coefficient (Wildman–Crippen LogP) is 3.15. The van der Waals surface area contributed by atoms with Crippen molar-refractivity contribution >= 4 is 33.2 Å². The summed E-state index contributed by atoms with van der Waals surface area (Å²) in [7, 11) is -3.49. The van der Waals surface area contributed by atoms with Crippen LogP contribution in [0.1, 0.15) is 47.0 Å². The summed E-state index contributed by atoms with van der Waals surface area (Å²) in [5, 5.41) is 8.48. The molecule has 0 unspecified atom stereocenters. The number of carbonyl (C=O) groups excluding carboxylic acids is 2. The second-order valence-electron chi connectivity index (χ2n) is 8.37. The van der Waals surface area contributed by atoms with E-state index in [0.717, 1.165) is 19.1 Å². The minimum absolute atomic E-state index is 0.129. The molecule has 8 nitrogen and oxygen atoms in total. The van der Waals surface area contributed by atoms with Gasteiger partial charge in [0.2, 0.25) is 5.91 Å². The SMILES string of the molecule is CC[C@H](NC(=O)OC(C)(C)C)C(=O)Nc1cccc(S(C)(=O)=O)c1NCC1CC1. The number of alkyl carbamates (subject to hydrolysis) is 1. The van der Waals surface area contributed by atoms with Crippen molar-refractivity contribution < 1.29 is 22.7 Å². The molecule has 1 aliphatic rings. The first-order valence-corrected chi connectivity index (χ1v) is 11.7. The number of amides is 2. The van der Waals surface area contributed by atoms with Crippen LogP contribution in [-0.4, -0.2) is 44.9 Å². The minimum Gasteiger partial charge on any atom is -0.444 e. The fourth-order valence-corrected chi connectivity index (χ4v) is 3.60. The summed E-state index contributed by atoms with van der Waals surface area (Å²) in [6.45, 7) is 7.62. The van der Waals surface area contributed by atoms with Gasteiger partial charge in [0.05, 0.1) is 16.3 Å². The van der Waals surface area contributed by atoms with Gasteiger partial charge in [-0.15, -0.1) is 0 Å². The monoisotopic (exact) mass is 425 g/mol. The summed E-state index contributed by atoms with van der Waals surface area (Å²) in [6, 6.07) is 3.91. The molecule has 0 spiro atoms. The van der Waals surface area contributed by atoms with Crippen molar-refractivity contribution in [3.63, 3.8) is 0 Å². The van der Waals surface area contributed by atoms with Gasteiger partial charge < -0.3 is 20.7 Å². The molecule has 1 saturated carbocycles. The molecule has 0 saturated heterocycles. The molecule has 1 fully saturated rings. The Morgan fingerprint density at radius 1 is 1.24 bits per heavy atom. The van der Waals surface area contributed by atoms with Gasteiger partial charge in [-0.1, -0.05) is 13.0 Å². The first-order valence-electron chi connectivity index (χ1n) is 9.78. The average Bonchev–Trinajstić information content (AvgIpc) is 3.40. The maximum Gasteiger partial charge on any atom is 0.408 e. The molecule has 2 amide bonds. The van der Waals surface area contributed by atoms with E-state index in [4.69, 9.17) is 4.74 Å². The fourth-order valence-electron chi connectivity index (χ4n) is 2.72. The van der Waals surface area contributed by atoms with Crippen molar-refractivity contribution in [3.05, 3.63) is 18.2 Å². The Balaban J connectivity index is 2.19. The third kappa shape index (κ3) is 7.23. The second-order valence-corrected chi connectivity index (χ2v) is 10.4. The summed E-state index contributed by atoms with van der Waals surface area (Å²) in [5.74, 6) is 0.0712. The zero-order chi connectivity index (χ0) is 21.8. The summed E-state index contributed by atoms with van der Waals surface area (Å²) < 4.78 is 29.6. The zero-order valence-corrected chi connectivity index (χ0v) is 18.5. The topological polar surface area (TPSA) is 114 Å². The molecule has 29 heavy (non-hydrogen) atoms. The van der Waals surface area contributed by atoms with Gasteiger partial charge in [0.25, 0.3) is 0 Å². The maximum absolute atomic E-state index is 12.7. The Morgan fingerprint density at radius 2 is 1.90 bits per heavy atom. The Hall–Kier alpha value is -2.29. The van der Waals surface area contributed by atoms with Gasteiger partial charge in [-0.25, -0.2) is 13.2 Å². The van der Waals surface area contributed by atoms with E-state index in [2.05, 4.69) is 16.0 Å². The highest BCUT2D eigenvalue weighted by Crippen LogP contribution is 2.34. The van der Waals surface area contributed by atoms with Gasteiger partial charge in [0.15, 0.2) is 9.84 Å². The van der Waals surface area contributed by atoms with Crippen molar-refractivity contribution in [1.82, 2.24) is 5.32 Å². The molecule has 162 valence electrons. The molecule has 9 heteroatoms. The number of rotatable bonds is 8. The number of sulfone groups is 1. The van der Waals surface area contributed by atoms with Crippen molar-refractivity contribution in [2.75, 3.05) is 23.4 Å². The predicted molar refractivity (Wildman–Crippen MR) is 113 cm³/mol. The van der Waals surface area contributed by atoms with Crippen LogP contribution in [0.4, 0.5) is 16.2 Å². The van der Waals surface area contributed by atoms with E-state index in [-0.39, 0.29) is 4.90 Å². The lowest BCUT2D eigenvalue weighted by atomic mass is 10.2. The normalized spacial score (nSPS) is 15.3. The van der Waals surface area contributed by atoms with Crippen LogP contribution >= 0.6 is 0 Å². The van der Waals surface area contributed by atoms with Crippen LogP contribution in [0.5, 0.6) is 0 Å². The summed E-state index contributed by atoms with van der Waals surface area (Å²) >= 11 is 0. The Labute approximate surface area is 172 Å². The highest BCUT2D eigenvalue weighted by molar-refractivity contribution is 7.90. The van der Waals surface area contributed by atoms with E-state index < -0.39 is 33.5 Å². The maximum atomic E-state index is 12.7. The van der Waals surface area contributed by atoms with Crippen molar-refractivity contribution in [1.29, 1.82) is 0 Å². The number of para-hydroxylation sites is 1. The highest BCUT2D eigenvalue weighted by atomic mass is 32.2. The number of hydrogen-bond donors (Lipinski definition) is 3. The van der Waals surface area contributed by atoms with Crippen LogP contribution in [0.25, 0.3) is 0 Å². The van der Waals surface area contributed by atoms with Gasteiger partial charge in [0, 0.05) is 12.8 Å². The highest BCUT2D eigenvalue weighted by Gasteiger charge is 2.26. The number of carbonyl (C=O) groups is 2. The summed E-state index contributed by atoms with van der Waals surface area (Å²) in [5.41, 5.74) is 0.0631. The number of hydrogen-bond acceptors (Lipinski definition) is 6. The number of nitrogens with one attached hydrogen (secondary N) is 3. The first kappa shape index (κ1) is 23.0. The standard InChI is InChI=1S/C20H31N3O5S/c1-6-14(23-19(25)28-20(2,3)4)18(24)22-15-8-7-9-16(29(5,26)27)17(15)21-12-13-10-11-13/h7-9,13-14,21H,6,10-12H2,1-5H3,(H,22,24)(H,23,25)/t14-/m0/s1. The van der Waals surface area contributed by atoms with E-state index in [1.54, 1.807) is 39.8 Å². The fraction of sp³-hybridized carbons (Fsp3) is 0.600. The summed E-state index contributed by atoms with van der Waals surface area (Å²) in [4.78, 5) is 24.9. The van der Waals surface area contributed by atoms with Crippen LogP contribution in [-0.2, 0) is 19.4 Å². The molecule has 3 N–H and O–H groups in total. The van der Waals surface area contributed by atoms with E-state index >= 15 is 0 Å². The molecule has 0 bridgehead atoms. The van der Waals surface area contributed by atoms with Crippen molar-refractivity contribution in [2.24, 2.45) is 5.92 Å². The van der Waals surface area contributed by atoms with Crippen LogP contribution < -0.4 is 16.0 Å². The smallest absolute Gasteiger partial charge is 0.408 e. The van der Waals surface area contributed by atoms with Crippen LogP contribution in [0.2, 0.25) is 0 Å². The molecule has 1 aliphatic carbocycles. The van der Waals surface area contributed by atoms with E-state index in [9.17, 15) is 18.0 Å². The van der Waals surface area contributed by atoms with E-state index in [1.807, 2.05) is 0 Å². The molecule has 1 aromatic carbocycles. The van der Waals surface area contributed by atoms with Crippen LogP contribution in [0, 0.1) is 5.92 Å². The van der Waals surface area contributed by atoms with Crippen molar-refractivity contribution in [2.45, 2.75) is 63.5 Å². The molecule has 0 radical (unpaired) electrons. The van der Waals surface area contributed by atoms with E-state index in [0.29, 0.717) is 30.3 Å². The third-order valence-corrected chi connectivity index (χ3v) is 5.50. The molecule has 1 atom stereocenters. The van der Waals surface area contributed by atoms with Crippen molar-refractivity contribution in [3.8, 4) is 0 Å². The van der Waals surface area contributed by atoms with Gasteiger partial charge in [-0.3, -0.25) is 4.79 Å². The minimum atomic E-state index is -3.49. The van der Waals surface area contributed by atoms with Gasteiger partial charge in [-0.2, -0.15) is 0 Å². The zero-order valence-electron chi connectivity index (χ0n) is 17.7. The van der Waals surface area contributed by atoms with Crippen LogP contribution in [0.15, 0.2) is 23.1 Å². The molecule has 1 aromatic rings. The number of benzene rings is 1. The third-order valence-electron chi connectivity index (χ3n) is 4.36. The molecular weight excluding hydrogens is 394 g/mol. The van der Waals surface area contributed by atoms with E-state index in [1.165, 1.54) is 6.07 Å². The first-order chi connectivity index (χ1) is 13.4. The number of anilines is 2. The molecule has 0 aliphatic heterocycles. The average molecular weight is 426 g/mol. The quantitative estimate of drug-likeness (QED) is 0.590. The largest absolute Gasteiger partial charge is 0.444 e. The lowest BCUT2D eigenvalue weighted by Gasteiger charge is -2.23. The molecule has 0 aromatic heterocycles. The van der Waals surface area contributed by atoms with Gasteiger partial charge in [-0.05, 0) is 58.1 Å². The number of ether oxygens (including phenoxy) is 1. The molecule has 2 rings (SSSR count). The Kier molecular flexibility index (Phi) is 7.15. The molecular formula is C20H31N3O5S.